The second kappa shape index (κ2) is 11.8. The summed E-state index contributed by atoms with van der Waals surface area (Å²) in [7, 11) is 0. The molecular weight excluding hydrogens is 598 g/mol. The van der Waals surface area contributed by atoms with E-state index in [-0.39, 0.29) is 37.4 Å². The number of hydrogen-bond acceptors (Lipinski definition) is 7. The normalized spacial score (nSPS) is 27.0. The summed E-state index contributed by atoms with van der Waals surface area (Å²) >= 11 is 0. The van der Waals surface area contributed by atoms with E-state index in [9.17, 15) is 24.6 Å². The first-order chi connectivity index (χ1) is 22.5. The zero-order valence-corrected chi connectivity index (χ0v) is 27.0. The summed E-state index contributed by atoms with van der Waals surface area (Å²) in [5.74, 6) is -1.45. The van der Waals surface area contributed by atoms with Crippen molar-refractivity contribution >= 4 is 29.3 Å². The van der Waals surface area contributed by atoms with Crippen LogP contribution in [0.5, 0.6) is 0 Å². The maximum Gasteiger partial charge on any atom is 0.414 e. The predicted octanol–water partition coefficient (Wildman–Crippen LogP) is 4.14. The van der Waals surface area contributed by atoms with Crippen LogP contribution >= 0.6 is 0 Å². The van der Waals surface area contributed by atoms with Gasteiger partial charge in [0.25, 0.3) is 5.91 Å². The third-order valence-corrected chi connectivity index (χ3v) is 10.5. The van der Waals surface area contributed by atoms with Gasteiger partial charge in [-0.05, 0) is 55.2 Å². The van der Waals surface area contributed by atoms with Crippen LogP contribution in [0.3, 0.4) is 0 Å². The van der Waals surface area contributed by atoms with Crippen LogP contribution in [-0.2, 0) is 44.2 Å². The molecule has 0 bridgehead atoms. The van der Waals surface area contributed by atoms with Crippen LogP contribution in [-0.4, -0.2) is 70.5 Å². The van der Waals surface area contributed by atoms with Crippen LogP contribution in [0, 0.1) is 11.8 Å². The smallest absolute Gasteiger partial charge is 0.414 e. The van der Waals surface area contributed by atoms with Crippen LogP contribution in [0.2, 0.25) is 0 Å². The third kappa shape index (κ3) is 5.19. The van der Waals surface area contributed by atoms with Gasteiger partial charge >= 0.3 is 6.09 Å². The maximum atomic E-state index is 14.7. The summed E-state index contributed by atoms with van der Waals surface area (Å²) in [5, 5.41) is 21.8. The maximum absolute atomic E-state index is 14.7. The van der Waals surface area contributed by atoms with Gasteiger partial charge in [-0.25, -0.2) is 4.79 Å². The molecule has 10 nitrogen and oxygen atoms in total. The molecule has 4 aliphatic heterocycles. The summed E-state index contributed by atoms with van der Waals surface area (Å²) < 4.78 is 12.0. The molecule has 2 N–H and O–H groups in total. The molecule has 5 atom stereocenters. The molecule has 3 aromatic carbocycles. The minimum atomic E-state index is -1.41. The molecular formula is C37H41N3O7. The minimum Gasteiger partial charge on any atom is -0.447 e. The highest BCUT2D eigenvalue weighted by Gasteiger charge is 2.66. The van der Waals surface area contributed by atoms with Crippen LogP contribution < -0.4 is 9.80 Å². The van der Waals surface area contributed by atoms with Gasteiger partial charge in [0.1, 0.15) is 6.61 Å². The lowest BCUT2D eigenvalue weighted by atomic mass is 9.70. The molecule has 0 radical (unpaired) electrons. The monoisotopic (exact) mass is 639 g/mol. The number of anilines is 2. The Morgan fingerprint density at radius 3 is 2.49 bits per heavy atom. The van der Waals surface area contributed by atoms with Crippen molar-refractivity contribution in [3.63, 3.8) is 0 Å². The van der Waals surface area contributed by atoms with Gasteiger partial charge in [0, 0.05) is 29.6 Å². The number of aliphatic hydroxyl groups excluding tert-OH is 1. The Hall–Kier alpha value is -4.25. The molecule has 2 fully saturated rings. The Morgan fingerprint density at radius 1 is 1.02 bits per heavy atom. The second-order valence-electron chi connectivity index (χ2n) is 13.7. The number of carbonyl (C=O) groups excluding carboxylic acids is 3. The number of ether oxygens (including phenoxy) is 2. The van der Waals surface area contributed by atoms with Crippen molar-refractivity contribution < 1.29 is 34.1 Å². The SMILES string of the molecule is C[C@@H]1[C@@H](C(C)(C)O)[C@H](CC(=O)N2Cc3ccccc3C[C@H]2CO)O[C@@]12C(=O)N(Cc1cccc(N3CCOC3=O)c1)c1ccccc12. The van der Waals surface area contributed by atoms with E-state index in [1.54, 1.807) is 28.5 Å². The van der Waals surface area contributed by atoms with Crippen LogP contribution in [0.15, 0.2) is 72.8 Å². The molecule has 0 unspecified atom stereocenters. The molecule has 1 spiro atoms. The van der Waals surface area contributed by atoms with Gasteiger partial charge in [-0.2, -0.15) is 0 Å². The first kappa shape index (κ1) is 31.4. The van der Waals surface area contributed by atoms with Gasteiger partial charge in [-0.15, -0.1) is 0 Å². The van der Waals surface area contributed by atoms with Gasteiger partial charge < -0.3 is 29.5 Å². The number of nitrogens with zero attached hydrogens (tertiary/aromatic N) is 3. The van der Waals surface area contributed by atoms with Crippen molar-refractivity contribution in [2.75, 3.05) is 29.6 Å². The number of benzene rings is 3. The van der Waals surface area contributed by atoms with Gasteiger partial charge in [-0.1, -0.05) is 61.5 Å². The van der Waals surface area contributed by atoms with Crippen LogP contribution in [0.1, 0.15) is 49.4 Å². The molecule has 0 aromatic heterocycles. The number of hydrogen-bond donors (Lipinski definition) is 2. The summed E-state index contributed by atoms with van der Waals surface area (Å²) in [6.07, 6.45) is -0.632. The Morgan fingerprint density at radius 2 is 1.77 bits per heavy atom. The average Bonchev–Trinajstić information content (AvgIpc) is 3.69. The van der Waals surface area contributed by atoms with Gasteiger partial charge in [-0.3, -0.25) is 14.5 Å². The number of amides is 3. The number of rotatable bonds is 7. The number of fused-ring (bicyclic) bond motifs is 3. The lowest BCUT2D eigenvalue weighted by Crippen LogP contribution is -2.48. The Balaban J connectivity index is 1.20. The van der Waals surface area contributed by atoms with Gasteiger partial charge in [0.05, 0.1) is 49.6 Å². The molecule has 3 aromatic rings. The molecule has 7 rings (SSSR count). The largest absolute Gasteiger partial charge is 0.447 e. The average molecular weight is 640 g/mol. The summed E-state index contributed by atoms with van der Waals surface area (Å²) in [6, 6.07) is 22.6. The lowest BCUT2D eigenvalue weighted by molar-refractivity contribution is -0.151. The minimum absolute atomic E-state index is 0.0388. The first-order valence-corrected chi connectivity index (χ1v) is 16.3. The molecule has 246 valence electrons. The Labute approximate surface area is 274 Å². The third-order valence-electron chi connectivity index (χ3n) is 10.5. The van der Waals surface area contributed by atoms with Gasteiger partial charge in [0.2, 0.25) is 5.91 Å². The first-order valence-electron chi connectivity index (χ1n) is 16.3. The van der Waals surface area contributed by atoms with Gasteiger partial charge in [0.15, 0.2) is 5.60 Å². The lowest BCUT2D eigenvalue weighted by Gasteiger charge is -2.38. The fourth-order valence-corrected chi connectivity index (χ4v) is 8.35. The quantitative estimate of drug-likeness (QED) is 0.399. The summed E-state index contributed by atoms with van der Waals surface area (Å²) in [5.41, 5.74) is 2.45. The second-order valence-corrected chi connectivity index (χ2v) is 13.7. The summed E-state index contributed by atoms with van der Waals surface area (Å²) in [6.45, 7) is 6.59. The molecule has 10 heteroatoms. The Bertz CT molecular complexity index is 1720. The van der Waals surface area contributed by atoms with E-state index in [0.29, 0.717) is 43.1 Å². The number of carbonyl (C=O) groups is 3. The van der Waals surface area contributed by atoms with Crippen LogP contribution in [0.4, 0.5) is 16.2 Å². The van der Waals surface area contributed by atoms with Crippen molar-refractivity contribution in [2.45, 2.75) is 70.1 Å². The molecule has 2 saturated heterocycles. The standard InChI is InChI=1S/C37H41N3O7/c1-23-33(36(2,3)45)31(19-32(42)39-21-26-11-5-4-10-25(26)18-28(39)22-41)47-37(23)29-13-6-7-14-30(29)40(34(37)43)20-24-9-8-12-27(17-24)38-15-16-46-35(38)44/h4-14,17,23,28,31,33,41,45H,15-16,18-22H2,1-3H3/t23-,28+,31+,33-,37+/m1/s1. The van der Waals surface area contributed by atoms with E-state index in [0.717, 1.165) is 16.7 Å². The van der Waals surface area contributed by atoms with E-state index < -0.39 is 35.2 Å². The fraction of sp³-hybridized carbons (Fsp3) is 0.432. The van der Waals surface area contributed by atoms with Crippen LogP contribution in [0.25, 0.3) is 0 Å². The molecule has 4 aliphatic rings. The van der Waals surface area contributed by atoms with E-state index in [1.165, 1.54) is 0 Å². The van der Waals surface area contributed by atoms with Crippen molar-refractivity contribution in [3.05, 3.63) is 95.1 Å². The predicted molar refractivity (Wildman–Crippen MR) is 174 cm³/mol. The molecule has 4 heterocycles. The summed E-state index contributed by atoms with van der Waals surface area (Å²) in [4.78, 5) is 46.0. The molecule has 3 amide bonds. The van der Waals surface area contributed by atoms with E-state index >= 15 is 0 Å². The van der Waals surface area contributed by atoms with Crippen molar-refractivity contribution in [1.29, 1.82) is 0 Å². The van der Waals surface area contributed by atoms with Crippen molar-refractivity contribution in [3.8, 4) is 0 Å². The van der Waals surface area contributed by atoms with E-state index in [4.69, 9.17) is 9.47 Å². The zero-order chi connectivity index (χ0) is 33.1. The van der Waals surface area contributed by atoms with E-state index in [1.807, 2.05) is 79.7 Å². The number of para-hydroxylation sites is 1. The topological polar surface area (TPSA) is 120 Å². The number of aliphatic hydroxyl groups is 2. The highest BCUT2D eigenvalue weighted by molar-refractivity contribution is 6.07. The molecule has 0 aliphatic carbocycles. The van der Waals surface area contributed by atoms with E-state index in [2.05, 4.69) is 0 Å². The fourth-order valence-electron chi connectivity index (χ4n) is 8.35. The zero-order valence-electron chi connectivity index (χ0n) is 27.0. The molecule has 47 heavy (non-hydrogen) atoms. The highest BCUT2D eigenvalue weighted by Crippen LogP contribution is 2.58. The number of cyclic esters (lactones) is 1. The van der Waals surface area contributed by atoms with Crippen molar-refractivity contribution in [1.82, 2.24) is 4.90 Å². The highest BCUT2D eigenvalue weighted by atomic mass is 16.6. The molecule has 0 saturated carbocycles. The van der Waals surface area contributed by atoms with Crippen molar-refractivity contribution in [2.24, 2.45) is 11.8 Å². The Kier molecular flexibility index (Phi) is 7.85.